The Hall–Kier alpha value is -0.830. The van der Waals surface area contributed by atoms with Gasteiger partial charge in [-0.15, -0.1) is 0 Å². The largest absolute Gasteiger partial charge is 0.460 e. The molecule has 0 aromatic heterocycles. The highest BCUT2D eigenvalue weighted by Crippen LogP contribution is 1.95. The van der Waals surface area contributed by atoms with Gasteiger partial charge in [0.2, 0.25) is 0 Å². The zero-order valence-corrected chi connectivity index (χ0v) is 7.45. The van der Waals surface area contributed by atoms with E-state index in [1.54, 1.807) is 6.08 Å². The first-order chi connectivity index (χ1) is 5.81. The van der Waals surface area contributed by atoms with Crippen LogP contribution in [-0.2, 0) is 9.53 Å². The lowest BCUT2D eigenvalue weighted by atomic mass is 10.2. The van der Waals surface area contributed by atoms with Crippen LogP contribution in [-0.4, -0.2) is 24.3 Å². The fourth-order valence-electron chi connectivity index (χ4n) is 0.696. The number of carbonyl (C=O) groups excluding carboxylic acids is 1. The first-order valence-electron chi connectivity index (χ1n) is 4.25. The average molecular weight is 172 g/mol. The summed E-state index contributed by atoms with van der Waals surface area (Å²) in [4.78, 5) is 10.7. The Labute approximate surface area is 73.0 Å². The SMILES string of the molecule is CCCCC=CC(=O)OCCO. The molecule has 0 heterocycles. The smallest absolute Gasteiger partial charge is 0.330 e. The Balaban J connectivity index is 3.34. The molecule has 70 valence electrons. The van der Waals surface area contributed by atoms with Gasteiger partial charge in [0.15, 0.2) is 0 Å². The first-order valence-corrected chi connectivity index (χ1v) is 4.25. The van der Waals surface area contributed by atoms with E-state index in [9.17, 15) is 4.79 Å². The van der Waals surface area contributed by atoms with Gasteiger partial charge in [-0.1, -0.05) is 25.8 Å². The van der Waals surface area contributed by atoms with Crippen molar-refractivity contribution in [3.63, 3.8) is 0 Å². The van der Waals surface area contributed by atoms with Crippen LogP contribution in [0.15, 0.2) is 12.2 Å². The second-order valence-corrected chi connectivity index (χ2v) is 2.44. The molecular formula is C9H16O3. The molecule has 0 aliphatic carbocycles. The number of unbranched alkanes of at least 4 members (excludes halogenated alkanes) is 2. The number of allylic oxidation sites excluding steroid dienone is 1. The maximum absolute atomic E-state index is 10.7. The minimum atomic E-state index is -0.375. The molecule has 0 atom stereocenters. The van der Waals surface area contributed by atoms with Crippen molar-refractivity contribution in [1.82, 2.24) is 0 Å². The normalized spacial score (nSPS) is 10.5. The number of ether oxygens (including phenoxy) is 1. The summed E-state index contributed by atoms with van der Waals surface area (Å²) in [6.07, 6.45) is 6.32. The molecular weight excluding hydrogens is 156 g/mol. The summed E-state index contributed by atoms with van der Waals surface area (Å²) >= 11 is 0. The first kappa shape index (κ1) is 11.2. The molecule has 0 aromatic rings. The third-order valence-electron chi connectivity index (χ3n) is 1.31. The van der Waals surface area contributed by atoms with Crippen molar-refractivity contribution in [3.05, 3.63) is 12.2 Å². The molecule has 0 aliphatic rings. The Bertz CT molecular complexity index is 141. The summed E-state index contributed by atoms with van der Waals surface area (Å²) in [5.74, 6) is -0.375. The number of esters is 1. The van der Waals surface area contributed by atoms with Gasteiger partial charge in [-0.2, -0.15) is 0 Å². The molecule has 0 aromatic carbocycles. The van der Waals surface area contributed by atoms with Crippen LogP contribution in [0.25, 0.3) is 0 Å². The van der Waals surface area contributed by atoms with Crippen molar-refractivity contribution < 1.29 is 14.6 Å². The third kappa shape index (κ3) is 7.28. The maximum Gasteiger partial charge on any atom is 0.330 e. The minimum Gasteiger partial charge on any atom is -0.460 e. The molecule has 0 fully saturated rings. The van der Waals surface area contributed by atoms with E-state index in [4.69, 9.17) is 5.11 Å². The highest BCUT2D eigenvalue weighted by molar-refractivity contribution is 5.81. The van der Waals surface area contributed by atoms with E-state index < -0.39 is 0 Å². The predicted octanol–water partition coefficient (Wildman–Crippen LogP) is 1.27. The number of aliphatic hydroxyl groups is 1. The van der Waals surface area contributed by atoms with Crippen LogP contribution in [0, 0.1) is 0 Å². The molecule has 0 bridgehead atoms. The number of carbonyl (C=O) groups is 1. The number of aliphatic hydroxyl groups excluding tert-OH is 1. The van der Waals surface area contributed by atoms with E-state index in [1.165, 1.54) is 6.08 Å². The van der Waals surface area contributed by atoms with Crippen molar-refractivity contribution in [2.75, 3.05) is 13.2 Å². The van der Waals surface area contributed by atoms with Gasteiger partial charge in [-0.05, 0) is 6.42 Å². The van der Waals surface area contributed by atoms with Gasteiger partial charge >= 0.3 is 5.97 Å². The standard InChI is InChI=1S/C9H16O3/c1-2-3-4-5-6-9(11)12-8-7-10/h5-6,10H,2-4,7-8H2,1H3. The summed E-state index contributed by atoms with van der Waals surface area (Å²) in [7, 11) is 0. The van der Waals surface area contributed by atoms with Crippen molar-refractivity contribution in [3.8, 4) is 0 Å². The second kappa shape index (κ2) is 8.27. The van der Waals surface area contributed by atoms with Crippen LogP contribution in [0.2, 0.25) is 0 Å². The topological polar surface area (TPSA) is 46.5 Å². The molecule has 0 spiro atoms. The summed E-state index contributed by atoms with van der Waals surface area (Å²) in [6.45, 7) is 2.06. The summed E-state index contributed by atoms with van der Waals surface area (Å²) in [5.41, 5.74) is 0. The maximum atomic E-state index is 10.7. The molecule has 0 aliphatic heterocycles. The number of hydrogen-bond donors (Lipinski definition) is 1. The van der Waals surface area contributed by atoms with E-state index >= 15 is 0 Å². The lowest BCUT2D eigenvalue weighted by Gasteiger charge is -1.96. The molecule has 1 N–H and O–H groups in total. The van der Waals surface area contributed by atoms with Crippen LogP contribution in [0.1, 0.15) is 26.2 Å². The van der Waals surface area contributed by atoms with Crippen molar-refractivity contribution >= 4 is 5.97 Å². The van der Waals surface area contributed by atoms with Crippen LogP contribution in [0.4, 0.5) is 0 Å². The lowest BCUT2D eigenvalue weighted by molar-refractivity contribution is -0.138. The summed E-state index contributed by atoms with van der Waals surface area (Å²) < 4.78 is 4.60. The van der Waals surface area contributed by atoms with E-state index in [0.29, 0.717) is 0 Å². The molecule has 12 heavy (non-hydrogen) atoms. The monoisotopic (exact) mass is 172 g/mol. The average Bonchev–Trinajstić information content (AvgIpc) is 2.09. The predicted molar refractivity (Wildman–Crippen MR) is 46.7 cm³/mol. The van der Waals surface area contributed by atoms with Crippen LogP contribution < -0.4 is 0 Å². The molecule has 0 amide bonds. The Morgan fingerprint density at radius 1 is 1.58 bits per heavy atom. The van der Waals surface area contributed by atoms with Gasteiger partial charge in [0.25, 0.3) is 0 Å². The third-order valence-corrected chi connectivity index (χ3v) is 1.31. The van der Waals surface area contributed by atoms with Gasteiger partial charge < -0.3 is 9.84 Å². The van der Waals surface area contributed by atoms with Gasteiger partial charge in [0.05, 0.1) is 6.61 Å². The summed E-state index contributed by atoms with van der Waals surface area (Å²) in [5, 5.41) is 8.32. The van der Waals surface area contributed by atoms with E-state index in [0.717, 1.165) is 19.3 Å². The summed E-state index contributed by atoms with van der Waals surface area (Å²) in [6, 6.07) is 0. The second-order valence-electron chi connectivity index (χ2n) is 2.44. The Morgan fingerprint density at radius 2 is 2.33 bits per heavy atom. The van der Waals surface area contributed by atoms with Crippen molar-refractivity contribution in [2.45, 2.75) is 26.2 Å². The quantitative estimate of drug-likeness (QED) is 0.373. The zero-order valence-electron chi connectivity index (χ0n) is 7.45. The van der Waals surface area contributed by atoms with Crippen molar-refractivity contribution in [2.24, 2.45) is 0 Å². The van der Waals surface area contributed by atoms with Crippen LogP contribution >= 0.6 is 0 Å². The molecule has 0 radical (unpaired) electrons. The molecule has 0 rings (SSSR count). The Morgan fingerprint density at radius 3 is 2.92 bits per heavy atom. The highest BCUT2D eigenvalue weighted by atomic mass is 16.5. The van der Waals surface area contributed by atoms with Crippen LogP contribution in [0.5, 0.6) is 0 Å². The van der Waals surface area contributed by atoms with Gasteiger partial charge in [-0.3, -0.25) is 0 Å². The van der Waals surface area contributed by atoms with Crippen molar-refractivity contribution in [1.29, 1.82) is 0 Å². The van der Waals surface area contributed by atoms with E-state index in [2.05, 4.69) is 11.7 Å². The van der Waals surface area contributed by atoms with Crippen LogP contribution in [0.3, 0.4) is 0 Å². The molecule has 0 saturated heterocycles. The molecule has 3 heteroatoms. The highest BCUT2D eigenvalue weighted by Gasteiger charge is 1.93. The Kier molecular flexibility index (Phi) is 7.70. The van der Waals surface area contributed by atoms with E-state index in [1.807, 2.05) is 0 Å². The fraction of sp³-hybridized carbons (Fsp3) is 0.667. The molecule has 0 unspecified atom stereocenters. The number of hydrogen-bond acceptors (Lipinski definition) is 3. The molecule has 3 nitrogen and oxygen atoms in total. The van der Waals surface area contributed by atoms with E-state index in [-0.39, 0.29) is 19.2 Å². The van der Waals surface area contributed by atoms with Gasteiger partial charge in [-0.25, -0.2) is 4.79 Å². The van der Waals surface area contributed by atoms with Gasteiger partial charge in [0.1, 0.15) is 6.61 Å². The number of rotatable bonds is 6. The van der Waals surface area contributed by atoms with Gasteiger partial charge in [0, 0.05) is 6.08 Å². The fourth-order valence-corrected chi connectivity index (χ4v) is 0.696. The zero-order chi connectivity index (χ0) is 9.23. The molecule has 0 saturated carbocycles. The minimum absolute atomic E-state index is 0.0803. The lowest BCUT2D eigenvalue weighted by Crippen LogP contribution is -2.04.